The summed E-state index contributed by atoms with van der Waals surface area (Å²) in [6.45, 7) is 0.769. The van der Waals surface area contributed by atoms with Crippen molar-refractivity contribution in [3.05, 3.63) is 78.6 Å². The van der Waals surface area contributed by atoms with Gasteiger partial charge in [0.15, 0.2) is 0 Å². The maximum Gasteiger partial charge on any atom is 0.207 e. The van der Waals surface area contributed by atoms with Crippen LogP contribution in [0.3, 0.4) is 0 Å². The number of nitrogens with zero attached hydrogens (tertiary/aromatic N) is 2. The molecule has 1 heterocycles. The summed E-state index contributed by atoms with van der Waals surface area (Å²) in [5, 5.41) is 3.36. The van der Waals surface area contributed by atoms with Gasteiger partial charge in [0.2, 0.25) is 5.95 Å². The molecule has 0 aliphatic carbocycles. The van der Waals surface area contributed by atoms with Crippen LogP contribution in [-0.4, -0.2) is 9.55 Å². The molecule has 94 valence electrons. The fraction of sp³-hybridized carbons (Fsp3) is 0.0625. The van der Waals surface area contributed by atoms with Crippen molar-refractivity contribution in [3.63, 3.8) is 0 Å². The second kappa shape index (κ2) is 5.40. The Labute approximate surface area is 112 Å². The molecule has 0 fully saturated rings. The lowest BCUT2D eigenvalue weighted by molar-refractivity contribution is 1.00. The molecule has 1 aromatic heterocycles. The average molecular weight is 249 g/mol. The predicted molar refractivity (Wildman–Crippen MR) is 77.3 cm³/mol. The number of imidazole rings is 1. The maximum atomic E-state index is 4.36. The number of aromatic nitrogens is 2. The lowest BCUT2D eigenvalue weighted by Gasteiger charge is -2.09. The van der Waals surface area contributed by atoms with E-state index in [9.17, 15) is 0 Å². The fourth-order valence-electron chi connectivity index (χ4n) is 2.01. The third kappa shape index (κ3) is 2.65. The highest BCUT2D eigenvalue weighted by atomic mass is 15.2. The second-order valence-corrected chi connectivity index (χ2v) is 4.30. The number of para-hydroxylation sites is 1. The van der Waals surface area contributed by atoms with Crippen molar-refractivity contribution in [1.82, 2.24) is 9.55 Å². The third-order valence-electron chi connectivity index (χ3n) is 2.97. The van der Waals surface area contributed by atoms with Gasteiger partial charge in [-0.05, 0) is 17.7 Å². The molecule has 0 atom stereocenters. The highest BCUT2D eigenvalue weighted by molar-refractivity contribution is 5.41. The van der Waals surface area contributed by atoms with Gasteiger partial charge in [0.25, 0.3) is 0 Å². The number of rotatable bonds is 4. The van der Waals surface area contributed by atoms with Crippen LogP contribution in [0.1, 0.15) is 5.56 Å². The van der Waals surface area contributed by atoms with Crippen molar-refractivity contribution >= 4 is 5.95 Å². The zero-order valence-electron chi connectivity index (χ0n) is 10.5. The molecule has 0 bridgehead atoms. The van der Waals surface area contributed by atoms with E-state index >= 15 is 0 Å². The Morgan fingerprint density at radius 1 is 0.895 bits per heavy atom. The van der Waals surface area contributed by atoms with Crippen LogP contribution in [0.4, 0.5) is 5.95 Å². The third-order valence-corrected chi connectivity index (χ3v) is 2.97. The van der Waals surface area contributed by atoms with Crippen LogP contribution in [0.15, 0.2) is 73.1 Å². The van der Waals surface area contributed by atoms with Gasteiger partial charge in [-0.1, -0.05) is 48.5 Å². The molecule has 0 aliphatic heterocycles. The SMILES string of the molecule is c1ccc(CNc2nccn2-c2ccccc2)cc1. The molecule has 1 N–H and O–H groups in total. The van der Waals surface area contributed by atoms with E-state index < -0.39 is 0 Å². The first-order valence-corrected chi connectivity index (χ1v) is 6.30. The van der Waals surface area contributed by atoms with E-state index in [0.717, 1.165) is 18.2 Å². The first-order chi connectivity index (χ1) is 9.43. The van der Waals surface area contributed by atoms with E-state index in [1.165, 1.54) is 5.56 Å². The van der Waals surface area contributed by atoms with Crippen molar-refractivity contribution in [1.29, 1.82) is 0 Å². The van der Waals surface area contributed by atoms with Gasteiger partial charge >= 0.3 is 0 Å². The van der Waals surface area contributed by atoms with Gasteiger partial charge in [0, 0.05) is 24.6 Å². The summed E-state index contributed by atoms with van der Waals surface area (Å²) in [5.41, 5.74) is 2.35. The molecule has 19 heavy (non-hydrogen) atoms. The molecular weight excluding hydrogens is 234 g/mol. The Morgan fingerprint density at radius 3 is 2.32 bits per heavy atom. The topological polar surface area (TPSA) is 29.9 Å². The summed E-state index contributed by atoms with van der Waals surface area (Å²) in [5.74, 6) is 0.857. The Morgan fingerprint density at radius 2 is 1.58 bits per heavy atom. The van der Waals surface area contributed by atoms with E-state index in [1.54, 1.807) is 6.20 Å². The van der Waals surface area contributed by atoms with Gasteiger partial charge < -0.3 is 5.32 Å². The first kappa shape index (κ1) is 11.5. The summed E-state index contributed by atoms with van der Waals surface area (Å²) in [4.78, 5) is 4.36. The number of anilines is 1. The van der Waals surface area contributed by atoms with E-state index in [0.29, 0.717) is 0 Å². The minimum Gasteiger partial charge on any atom is -0.351 e. The largest absolute Gasteiger partial charge is 0.351 e. The monoisotopic (exact) mass is 249 g/mol. The standard InChI is InChI=1S/C16H15N3/c1-3-7-14(8-4-1)13-18-16-17-11-12-19(16)15-9-5-2-6-10-15/h1-12H,13H2,(H,17,18). The van der Waals surface area contributed by atoms with E-state index in [-0.39, 0.29) is 0 Å². The Hall–Kier alpha value is -2.55. The molecule has 0 spiro atoms. The van der Waals surface area contributed by atoms with Crippen LogP contribution in [0.5, 0.6) is 0 Å². The Balaban J connectivity index is 1.78. The predicted octanol–water partition coefficient (Wildman–Crippen LogP) is 3.48. The molecular formula is C16H15N3. The molecule has 3 heteroatoms. The molecule has 0 saturated heterocycles. The van der Waals surface area contributed by atoms with Crippen molar-refractivity contribution in [3.8, 4) is 5.69 Å². The van der Waals surface area contributed by atoms with Crippen LogP contribution < -0.4 is 5.32 Å². The quantitative estimate of drug-likeness (QED) is 0.767. The van der Waals surface area contributed by atoms with E-state index in [2.05, 4.69) is 34.6 Å². The van der Waals surface area contributed by atoms with Gasteiger partial charge in [-0.15, -0.1) is 0 Å². The van der Waals surface area contributed by atoms with Gasteiger partial charge in [-0.25, -0.2) is 4.98 Å². The number of hydrogen-bond acceptors (Lipinski definition) is 2. The molecule has 0 saturated carbocycles. The molecule has 0 radical (unpaired) electrons. The normalized spacial score (nSPS) is 10.3. The van der Waals surface area contributed by atoms with E-state index in [4.69, 9.17) is 0 Å². The molecule has 2 aromatic carbocycles. The van der Waals surface area contributed by atoms with Gasteiger partial charge in [0.05, 0.1) is 0 Å². The number of benzene rings is 2. The van der Waals surface area contributed by atoms with Gasteiger partial charge in [0.1, 0.15) is 0 Å². The molecule has 0 amide bonds. The van der Waals surface area contributed by atoms with Crippen molar-refractivity contribution in [2.24, 2.45) is 0 Å². The Kier molecular flexibility index (Phi) is 3.28. The lowest BCUT2D eigenvalue weighted by Crippen LogP contribution is -2.05. The fourth-order valence-corrected chi connectivity index (χ4v) is 2.01. The number of nitrogens with one attached hydrogen (secondary N) is 1. The maximum absolute atomic E-state index is 4.36. The van der Waals surface area contributed by atoms with Crippen LogP contribution in [0.25, 0.3) is 5.69 Å². The molecule has 0 aliphatic rings. The second-order valence-electron chi connectivity index (χ2n) is 4.30. The molecule has 3 nitrogen and oxygen atoms in total. The van der Waals surface area contributed by atoms with Crippen LogP contribution in [0, 0.1) is 0 Å². The zero-order chi connectivity index (χ0) is 12.9. The van der Waals surface area contributed by atoms with E-state index in [1.807, 2.05) is 47.2 Å². The highest BCUT2D eigenvalue weighted by Gasteiger charge is 2.03. The van der Waals surface area contributed by atoms with Crippen LogP contribution in [-0.2, 0) is 6.54 Å². The van der Waals surface area contributed by atoms with Crippen LogP contribution >= 0.6 is 0 Å². The average Bonchev–Trinajstić information content (AvgIpc) is 2.95. The van der Waals surface area contributed by atoms with Gasteiger partial charge in [-0.3, -0.25) is 4.57 Å². The van der Waals surface area contributed by atoms with Crippen LogP contribution in [0.2, 0.25) is 0 Å². The van der Waals surface area contributed by atoms with Crippen molar-refractivity contribution < 1.29 is 0 Å². The van der Waals surface area contributed by atoms with Crippen molar-refractivity contribution in [2.45, 2.75) is 6.54 Å². The Bertz CT molecular complexity index is 629. The zero-order valence-corrected chi connectivity index (χ0v) is 10.5. The molecule has 3 aromatic rings. The lowest BCUT2D eigenvalue weighted by atomic mass is 10.2. The van der Waals surface area contributed by atoms with Gasteiger partial charge in [-0.2, -0.15) is 0 Å². The summed E-state index contributed by atoms with van der Waals surface area (Å²) < 4.78 is 2.04. The smallest absolute Gasteiger partial charge is 0.207 e. The first-order valence-electron chi connectivity index (χ1n) is 6.30. The highest BCUT2D eigenvalue weighted by Crippen LogP contribution is 2.14. The summed E-state index contributed by atoms with van der Waals surface area (Å²) >= 11 is 0. The summed E-state index contributed by atoms with van der Waals surface area (Å²) in [6, 6.07) is 20.5. The molecule has 3 rings (SSSR count). The summed E-state index contributed by atoms with van der Waals surface area (Å²) in [7, 11) is 0. The minimum absolute atomic E-state index is 0.769. The van der Waals surface area contributed by atoms with Crippen molar-refractivity contribution in [2.75, 3.05) is 5.32 Å². The summed E-state index contributed by atoms with van der Waals surface area (Å²) in [6.07, 6.45) is 3.77. The molecule has 0 unspecified atom stereocenters. The minimum atomic E-state index is 0.769. The number of hydrogen-bond donors (Lipinski definition) is 1.